The number of benzene rings is 1. The van der Waals surface area contributed by atoms with Crippen molar-refractivity contribution in [1.82, 2.24) is 15.2 Å². The third kappa shape index (κ3) is 3.61. The number of amides is 1. The van der Waals surface area contributed by atoms with Crippen molar-refractivity contribution >= 4 is 34.9 Å². The van der Waals surface area contributed by atoms with E-state index in [9.17, 15) is 9.59 Å². The zero-order chi connectivity index (χ0) is 17.1. The molecule has 0 spiro atoms. The summed E-state index contributed by atoms with van der Waals surface area (Å²) in [5.41, 5.74) is 1.72. The summed E-state index contributed by atoms with van der Waals surface area (Å²) in [7, 11) is 0. The Kier molecular flexibility index (Phi) is 4.30. The Bertz CT molecular complexity index is 930. The predicted octanol–water partition coefficient (Wildman–Crippen LogP) is 2.72. The van der Waals surface area contributed by atoms with E-state index in [1.807, 2.05) is 13.0 Å². The fourth-order valence-electron chi connectivity index (χ4n) is 1.83. The van der Waals surface area contributed by atoms with E-state index in [-0.39, 0.29) is 17.5 Å². The number of hydrogen-bond acceptors (Lipinski definition) is 6. The van der Waals surface area contributed by atoms with Gasteiger partial charge in [-0.2, -0.15) is 0 Å². The predicted molar refractivity (Wildman–Crippen MR) is 88.8 cm³/mol. The third-order valence-corrected chi connectivity index (χ3v) is 3.49. The van der Waals surface area contributed by atoms with Crippen LogP contribution in [0.3, 0.4) is 0 Å². The molecule has 9 heteroatoms. The fourth-order valence-corrected chi connectivity index (χ4v) is 2.01. The van der Waals surface area contributed by atoms with Crippen LogP contribution < -0.4 is 16.2 Å². The molecule has 0 fully saturated rings. The zero-order valence-electron chi connectivity index (χ0n) is 12.5. The Hall–Kier alpha value is -3.13. The van der Waals surface area contributed by atoms with E-state index in [4.69, 9.17) is 16.0 Å². The lowest BCUT2D eigenvalue weighted by Gasteiger charge is -2.03. The average Bonchev–Trinajstić information content (AvgIpc) is 3.02. The first-order valence-corrected chi connectivity index (χ1v) is 7.26. The molecule has 24 heavy (non-hydrogen) atoms. The molecule has 0 bridgehead atoms. The van der Waals surface area contributed by atoms with Crippen LogP contribution in [0.2, 0.25) is 5.02 Å². The molecular weight excluding hydrogens is 334 g/mol. The van der Waals surface area contributed by atoms with Crippen LogP contribution in [0.15, 0.2) is 45.7 Å². The van der Waals surface area contributed by atoms with Gasteiger partial charge in [0.25, 0.3) is 0 Å². The SMILES string of the molecule is Cc1ccc(Nc2nnc(C(=O)Nc3ccc(=O)[nH]c3)o2)cc1Cl. The van der Waals surface area contributed by atoms with Crippen molar-refractivity contribution in [3.05, 3.63) is 63.4 Å². The highest BCUT2D eigenvalue weighted by Gasteiger charge is 2.15. The second kappa shape index (κ2) is 6.55. The number of hydrogen-bond donors (Lipinski definition) is 3. The van der Waals surface area contributed by atoms with Gasteiger partial charge in [-0.1, -0.05) is 22.8 Å². The van der Waals surface area contributed by atoms with Crippen molar-refractivity contribution in [1.29, 1.82) is 0 Å². The van der Waals surface area contributed by atoms with Crippen molar-refractivity contribution in [2.75, 3.05) is 10.6 Å². The van der Waals surface area contributed by atoms with Crippen LogP contribution in [-0.2, 0) is 0 Å². The molecule has 0 aliphatic heterocycles. The van der Waals surface area contributed by atoms with Gasteiger partial charge in [-0.25, -0.2) is 0 Å². The van der Waals surface area contributed by atoms with Crippen molar-refractivity contribution < 1.29 is 9.21 Å². The number of halogens is 1. The maximum atomic E-state index is 12.0. The standard InChI is InChI=1S/C15H12ClN5O3/c1-8-2-3-9(6-11(8)16)19-15-21-20-14(24-15)13(23)18-10-4-5-12(22)17-7-10/h2-7H,1H3,(H,17,22)(H,18,23)(H,19,21). The summed E-state index contributed by atoms with van der Waals surface area (Å²) in [6, 6.07) is 8.15. The molecule has 0 saturated heterocycles. The molecule has 8 nitrogen and oxygen atoms in total. The smallest absolute Gasteiger partial charge is 0.320 e. The largest absolute Gasteiger partial charge is 0.399 e. The second-order valence-electron chi connectivity index (χ2n) is 4.90. The first-order chi connectivity index (χ1) is 11.5. The molecule has 0 radical (unpaired) electrons. The quantitative estimate of drug-likeness (QED) is 0.670. The van der Waals surface area contributed by atoms with Gasteiger partial charge in [0.05, 0.1) is 5.69 Å². The van der Waals surface area contributed by atoms with Gasteiger partial charge < -0.3 is 20.0 Å². The number of rotatable bonds is 4. The number of H-pyrrole nitrogens is 1. The van der Waals surface area contributed by atoms with Gasteiger partial charge in [0, 0.05) is 23.0 Å². The van der Waals surface area contributed by atoms with E-state index in [0.29, 0.717) is 16.4 Å². The second-order valence-corrected chi connectivity index (χ2v) is 5.30. The normalized spacial score (nSPS) is 10.4. The number of aromatic nitrogens is 3. The number of carbonyl (C=O) groups excluding carboxylic acids is 1. The lowest BCUT2D eigenvalue weighted by atomic mass is 10.2. The van der Waals surface area contributed by atoms with E-state index < -0.39 is 5.91 Å². The monoisotopic (exact) mass is 345 g/mol. The number of aryl methyl sites for hydroxylation is 1. The minimum atomic E-state index is -0.593. The van der Waals surface area contributed by atoms with E-state index in [1.54, 1.807) is 12.1 Å². The number of anilines is 3. The van der Waals surface area contributed by atoms with E-state index >= 15 is 0 Å². The summed E-state index contributed by atoms with van der Waals surface area (Å²) >= 11 is 6.04. The summed E-state index contributed by atoms with van der Waals surface area (Å²) in [5.74, 6) is -0.813. The highest BCUT2D eigenvalue weighted by atomic mass is 35.5. The molecule has 0 aliphatic rings. The first kappa shape index (κ1) is 15.8. The summed E-state index contributed by atoms with van der Waals surface area (Å²) in [4.78, 5) is 25.4. The fraction of sp³-hybridized carbons (Fsp3) is 0.0667. The Balaban J connectivity index is 1.70. The lowest BCUT2D eigenvalue weighted by Crippen LogP contribution is -2.14. The third-order valence-electron chi connectivity index (χ3n) is 3.08. The van der Waals surface area contributed by atoms with Gasteiger partial charge in [-0.3, -0.25) is 9.59 Å². The van der Waals surface area contributed by atoms with Gasteiger partial charge in [0.1, 0.15) is 0 Å². The molecule has 2 heterocycles. The molecule has 0 saturated carbocycles. The highest BCUT2D eigenvalue weighted by molar-refractivity contribution is 6.31. The van der Waals surface area contributed by atoms with Crippen LogP contribution in [0.25, 0.3) is 0 Å². The molecule has 3 N–H and O–H groups in total. The summed E-state index contributed by atoms with van der Waals surface area (Å²) < 4.78 is 5.26. The van der Waals surface area contributed by atoms with Crippen molar-refractivity contribution in [2.45, 2.75) is 6.92 Å². The molecule has 2 aromatic heterocycles. The highest BCUT2D eigenvalue weighted by Crippen LogP contribution is 2.22. The first-order valence-electron chi connectivity index (χ1n) is 6.88. The Morgan fingerprint density at radius 3 is 2.71 bits per heavy atom. The maximum absolute atomic E-state index is 12.0. The molecule has 0 atom stereocenters. The van der Waals surface area contributed by atoms with Crippen LogP contribution in [0.1, 0.15) is 16.2 Å². The van der Waals surface area contributed by atoms with Gasteiger partial charge in [0.15, 0.2) is 0 Å². The molecule has 1 amide bonds. The van der Waals surface area contributed by atoms with Crippen LogP contribution in [0.4, 0.5) is 17.4 Å². The van der Waals surface area contributed by atoms with Crippen molar-refractivity contribution in [3.8, 4) is 0 Å². The van der Waals surface area contributed by atoms with Crippen LogP contribution in [-0.4, -0.2) is 21.1 Å². The Morgan fingerprint density at radius 2 is 2.00 bits per heavy atom. The maximum Gasteiger partial charge on any atom is 0.320 e. The number of nitrogens with one attached hydrogen (secondary N) is 3. The van der Waals surface area contributed by atoms with Gasteiger partial charge in [-0.15, -0.1) is 5.10 Å². The molecule has 1 aromatic carbocycles. The van der Waals surface area contributed by atoms with E-state index in [0.717, 1.165) is 5.56 Å². The number of aromatic amines is 1. The molecule has 0 unspecified atom stereocenters. The molecular formula is C15H12ClN5O3. The molecule has 3 aromatic rings. The van der Waals surface area contributed by atoms with Gasteiger partial charge in [0.2, 0.25) is 5.56 Å². The van der Waals surface area contributed by atoms with Crippen molar-refractivity contribution in [3.63, 3.8) is 0 Å². The van der Waals surface area contributed by atoms with Crippen LogP contribution in [0.5, 0.6) is 0 Å². The number of pyridine rings is 1. The Morgan fingerprint density at radius 1 is 1.21 bits per heavy atom. The van der Waals surface area contributed by atoms with Gasteiger partial charge in [-0.05, 0) is 30.7 Å². The lowest BCUT2D eigenvalue weighted by molar-refractivity contribution is 0.0991. The summed E-state index contributed by atoms with van der Waals surface area (Å²) in [6.45, 7) is 1.89. The zero-order valence-corrected chi connectivity index (χ0v) is 13.2. The van der Waals surface area contributed by atoms with E-state index in [2.05, 4.69) is 25.8 Å². The minimum Gasteiger partial charge on any atom is -0.399 e. The summed E-state index contributed by atoms with van der Waals surface area (Å²) in [5, 5.41) is 13.4. The molecule has 0 aliphatic carbocycles. The van der Waals surface area contributed by atoms with Crippen molar-refractivity contribution in [2.24, 2.45) is 0 Å². The minimum absolute atomic E-state index is 0.0570. The topological polar surface area (TPSA) is 113 Å². The summed E-state index contributed by atoms with van der Waals surface area (Å²) in [6.07, 6.45) is 1.37. The van der Waals surface area contributed by atoms with Crippen LogP contribution in [0, 0.1) is 6.92 Å². The van der Waals surface area contributed by atoms with Gasteiger partial charge >= 0.3 is 17.8 Å². The molecule has 3 rings (SSSR count). The number of carbonyl (C=O) groups is 1. The average molecular weight is 346 g/mol. The van der Waals surface area contributed by atoms with Crippen LogP contribution >= 0.6 is 11.6 Å². The Labute approximate surface area is 140 Å². The molecule has 122 valence electrons. The van der Waals surface area contributed by atoms with E-state index in [1.165, 1.54) is 18.3 Å². The number of nitrogens with zero attached hydrogens (tertiary/aromatic N) is 2.